The molecule has 0 bridgehead atoms. The van der Waals surface area contributed by atoms with Gasteiger partial charge in [0.1, 0.15) is 0 Å². The minimum atomic E-state index is -3.36. The van der Waals surface area contributed by atoms with Crippen LogP contribution in [0.15, 0.2) is 24.3 Å². The van der Waals surface area contributed by atoms with Crippen LogP contribution in [0.4, 0.5) is 5.69 Å². The lowest BCUT2D eigenvalue weighted by atomic mass is 9.86. The lowest BCUT2D eigenvalue weighted by Crippen LogP contribution is -2.46. The van der Waals surface area contributed by atoms with E-state index in [0.717, 1.165) is 31.7 Å². The van der Waals surface area contributed by atoms with Crippen molar-refractivity contribution in [2.24, 2.45) is 5.92 Å². The van der Waals surface area contributed by atoms with Gasteiger partial charge in [0.05, 0.1) is 4.75 Å². The number of benzene rings is 1. The molecule has 1 aliphatic carbocycles. The Balaban J connectivity index is 1.48. The summed E-state index contributed by atoms with van der Waals surface area (Å²) in [5, 5.41) is 3.03. The van der Waals surface area contributed by atoms with Crippen LogP contribution in [-0.4, -0.2) is 38.3 Å². The molecule has 29 heavy (non-hydrogen) atoms. The zero-order valence-electron chi connectivity index (χ0n) is 17.7. The van der Waals surface area contributed by atoms with Crippen LogP contribution in [0.25, 0.3) is 0 Å². The predicted molar refractivity (Wildman–Crippen MR) is 115 cm³/mol. The molecule has 0 unspecified atom stereocenters. The van der Waals surface area contributed by atoms with Crippen molar-refractivity contribution in [2.45, 2.75) is 76.0 Å². The van der Waals surface area contributed by atoms with Crippen molar-refractivity contribution in [1.82, 2.24) is 4.72 Å². The molecule has 1 saturated carbocycles. The summed E-state index contributed by atoms with van der Waals surface area (Å²) in [5.74, 6) is 0.502. The largest absolute Gasteiger partial charge is 0.381 e. The number of hydrogen-bond donors (Lipinski definition) is 2. The summed E-state index contributed by atoms with van der Waals surface area (Å²) < 4.78 is 32.1. The van der Waals surface area contributed by atoms with Crippen molar-refractivity contribution in [3.8, 4) is 0 Å². The highest BCUT2D eigenvalue weighted by atomic mass is 32.2. The molecule has 3 rings (SSSR count). The van der Waals surface area contributed by atoms with Crippen LogP contribution in [0.3, 0.4) is 0 Å². The summed E-state index contributed by atoms with van der Waals surface area (Å²) in [6.07, 6.45) is 4.88. The van der Waals surface area contributed by atoms with Gasteiger partial charge in [-0.25, -0.2) is 13.1 Å². The van der Waals surface area contributed by atoms with E-state index in [2.05, 4.69) is 22.2 Å². The molecule has 6 nitrogen and oxygen atoms in total. The second-order valence-corrected chi connectivity index (χ2v) is 11.7. The molecule has 1 saturated heterocycles. The summed E-state index contributed by atoms with van der Waals surface area (Å²) in [5.41, 5.74) is 2.12. The van der Waals surface area contributed by atoms with Crippen LogP contribution in [0.2, 0.25) is 0 Å². The first-order valence-corrected chi connectivity index (χ1v) is 12.1. The fourth-order valence-corrected chi connectivity index (χ4v) is 5.01. The highest BCUT2D eigenvalue weighted by Crippen LogP contribution is 2.29. The number of amides is 1. The molecule has 1 aliphatic heterocycles. The van der Waals surface area contributed by atoms with E-state index >= 15 is 0 Å². The van der Waals surface area contributed by atoms with Crippen LogP contribution in [-0.2, 0) is 19.6 Å². The van der Waals surface area contributed by atoms with Gasteiger partial charge in [0.15, 0.2) is 0 Å². The average Bonchev–Trinajstić information content (AvgIpc) is 2.68. The van der Waals surface area contributed by atoms with Gasteiger partial charge >= 0.3 is 0 Å². The van der Waals surface area contributed by atoms with E-state index in [4.69, 9.17) is 4.74 Å². The second kappa shape index (κ2) is 9.14. The van der Waals surface area contributed by atoms with E-state index < -0.39 is 14.8 Å². The van der Waals surface area contributed by atoms with Gasteiger partial charge in [0.25, 0.3) is 0 Å². The monoisotopic (exact) mass is 422 g/mol. The van der Waals surface area contributed by atoms with Crippen molar-refractivity contribution < 1.29 is 17.9 Å². The van der Waals surface area contributed by atoms with Gasteiger partial charge in [-0.3, -0.25) is 4.79 Å². The zero-order chi connectivity index (χ0) is 21.1. The Bertz CT molecular complexity index is 785. The molecule has 1 amide bonds. The van der Waals surface area contributed by atoms with Crippen molar-refractivity contribution in [1.29, 1.82) is 0 Å². The van der Waals surface area contributed by atoms with Crippen molar-refractivity contribution >= 4 is 21.6 Å². The van der Waals surface area contributed by atoms with E-state index in [1.54, 1.807) is 20.8 Å². The van der Waals surface area contributed by atoms with Crippen LogP contribution in [0, 0.1) is 5.92 Å². The zero-order valence-corrected chi connectivity index (χ0v) is 18.6. The SMILES string of the molecule is CC(C)(C)S(=O)(=O)N[C@H]1CC[C@H](C(=O)Nc2ccc(C3CCOCC3)cc2)CC1. The number of sulfonamides is 1. The molecule has 1 aromatic carbocycles. The van der Waals surface area contributed by atoms with Crippen LogP contribution < -0.4 is 10.0 Å². The number of anilines is 1. The number of nitrogens with one attached hydrogen (secondary N) is 2. The van der Waals surface area contributed by atoms with Gasteiger partial charge < -0.3 is 10.1 Å². The Morgan fingerprint density at radius 1 is 0.966 bits per heavy atom. The van der Waals surface area contributed by atoms with Gasteiger partial charge in [-0.05, 0) is 82.9 Å². The number of ether oxygens (including phenoxy) is 1. The highest BCUT2D eigenvalue weighted by Gasteiger charge is 2.34. The highest BCUT2D eigenvalue weighted by molar-refractivity contribution is 7.90. The Labute approximate surface area is 174 Å². The van der Waals surface area contributed by atoms with Gasteiger partial charge in [-0.15, -0.1) is 0 Å². The van der Waals surface area contributed by atoms with Crippen molar-refractivity contribution in [3.05, 3.63) is 29.8 Å². The van der Waals surface area contributed by atoms with Gasteiger partial charge in [-0.2, -0.15) is 0 Å². The quantitative estimate of drug-likeness (QED) is 0.756. The number of hydrogen-bond acceptors (Lipinski definition) is 4. The minimum Gasteiger partial charge on any atom is -0.381 e. The molecule has 162 valence electrons. The topological polar surface area (TPSA) is 84.5 Å². The summed E-state index contributed by atoms with van der Waals surface area (Å²) in [6.45, 7) is 6.72. The Kier molecular flexibility index (Phi) is 7.02. The molecule has 0 spiro atoms. The maximum absolute atomic E-state index is 12.6. The molecule has 1 aromatic rings. The van der Waals surface area contributed by atoms with Crippen LogP contribution in [0.1, 0.15) is 70.8 Å². The number of carbonyl (C=O) groups excluding carboxylic acids is 1. The molecule has 2 fully saturated rings. The number of carbonyl (C=O) groups is 1. The lowest BCUT2D eigenvalue weighted by Gasteiger charge is -2.30. The van der Waals surface area contributed by atoms with Gasteiger partial charge in [0, 0.05) is 30.9 Å². The summed E-state index contributed by atoms with van der Waals surface area (Å²) >= 11 is 0. The summed E-state index contributed by atoms with van der Waals surface area (Å²) in [7, 11) is -3.36. The average molecular weight is 423 g/mol. The fraction of sp³-hybridized carbons (Fsp3) is 0.682. The summed E-state index contributed by atoms with van der Waals surface area (Å²) in [4.78, 5) is 12.6. The fourth-order valence-electron chi connectivity index (χ4n) is 3.98. The van der Waals surface area contributed by atoms with Crippen molar-refractivity contribution in [2.75, 3.05) is 18.5 Å². The van der Waals surface area contributed by atoms with E-state index in [-0.39, 0.29) is 17.9 Å². The van der Waals surface area contributed by atoms with E-state index in [9.17, 15) is 13.2 Å². The lowest BCUT2D eigenvalue weighted by molar-refractivity contribution is -0.120. The maximum Gasteiger partial charge on any atom is 0.227 e. The third-order valence-corrected chi connectivity index (χ3v) is 8.35. The Morgan fingerprint density at radius 2 is 1.55 bits per heavy atom. The third kappa shape index (κ3) is 5.80. The van der Waals surface area contributed by atoms with Crippen LogP contribution >= 0.6 is 0 Å². The maximum atomic E-state index is 12.6. The predicted octanol–water partition coefficient (Wildman–Crippen LogP) is 3.80. The smallest absolute Gasteiger partial charge is 0.227 e. The number of rotatable bonds is 5. The minimum absolute atomic E-state index is 0.0287. The Morgan fingerprint density at radius 3 is 2.10 bits per heavy atom. The van der Waals surface area contributed by atoms with Crippen molar-refractivity contribution in [3.63, 3.8) is 0 Å². The normalized spacial score (nSPS) is 24.2. The molecular weight excluding hydrogens is 388 g/mol. The standard InChI is InChI=1S/C22H34N2O4S/c1-22(2,3)29(26,27)24-20-10-6-18(7-11-20)21(25)23-19-8-4-16(5-9-19)17-12-14-28-15-13-17/h4-5,8-9,17-18,20,24H,6-7,10-15H2,1-3H3,(H,23,25)/t18-,20-. The second-order valence-electron chi connectivity index (χ2n) is 9.28. The van der Waals surface area contributed by atoms with Gasteiger partial charge in [0.2, 0.25) is 15.9 Å². The molecule has 0 radical (unpaired) electrons. The molecule has 0 atom stereocenters. The van der Waals surface area contributed by atoms with E-state index in [1.807, 2.05) is 12.1 Å². The van der Waals surface area contributed by atoms with E-state index in [0.29, 0.717) is 31.6 Å². The molecule has 2 N–H and O–H groups in total. The summed E-state index contributed by atoms with van der Waals surface area (Å²) in [6, 6.07) is 8.08. The molecule has 7 heteroatoms. The third-order valence-electron chi connectivity index (χ3n) is 6.10. The van der Waals surface area contributed by atoms with E-state index in [1.165, 1.54) is 5.56 Å². The molecule has 1 heterocycles. The first-order valence-electron chi connectivity index (χ1n) is 10.7. The molecule has 2 aliphatic rings. The Hall–Kier alpha value is -1.44. The first-order chi connectivity index (χ1) is 13.7. The first kappa shape index (κ1) is 22.2. The van der Waals surface area contributed by atoms with Crippen LogP contribution in [0.5, 0.6) is 0 Å². The molecule has 0 aromatic heterocycles. The molecular formula is C22H34N2O4S. The van der Waals surface area contributed by atoms with Gasteiger partial charge in [-0.1, -0.05) is 12.1 Å².